The topological polar surface area (TPSA) is 115 Å². The van der Waals surface area contributed by atoms with E-state index in [1.807, 2.05) is 0 Å². The fraction of sp³-hybridized carbons (Fsp3) is 0.105. The van der Waals surface area contributed by atoms with Gasteiger partial charge in [-0.3, -0.25) is 10.1 Å². The Balaban J connectivity index is 1.86. The van der Waals surface area contributed by atoms with Crippen LogP contribution in [0.15, 0.2) is 47.6 Å². The van der Waals surface area contributed by atoms with Gasteiger partial charge in [0.2, 0.25) is 11.8 Å². The van der Waals surface area contributed by atoms with Gasteiger partial charge in [0.25, 0.3) is 0 Å². The molecule has 0 unspecified atom stereocenters. The van der Waals surface area contributed by atoms with Crippen molar-refractivity contribution in [3.8, 4) is 5.75 Å². The molecule has 0 saturated heterocycles. The Morgan fingerprint density at radius 1 is 1.17 bits per heavy atom. The van der Waals surface area contributed by atoms with Crippen LogP contribution in [0.3, 0.4) is 0 Å². The minimum atomic E-state index is -0.540. The third-order valence-electron chi connectivity index (χ3n) is 3.92. The molecule has 3 rings (SSSR count). The molecule has 0 aliphatic rings. The van der Waals surface area contributed by atoms with Crippen molar-refractivity contribution in [1.29, 1.82) is 0 Å². The van der Waals surface area contributed by atoms with Gasteiger partial charge in [0.15, 0.2) is 0 Å². The van der Waals surface area contributed by atoms with Crippen molar-refractivity contribution < 1.29 is 9.66 Å². The van der Waals surface area contributed by atoms with Crippen LogP contribution in [0, 0.1) is 17.0 Å². The molecule has 154 valence electrons. The SMILES string of the molecule is COc1ccc(Nc2nc(N/N=C\c3ccc(Cl)cc3Cl)nc(C)c2[N+](=O)[O-])cc1. The Kier molecular flexibility index (Phi) is 6.65. The summed E-state index contributed by atoms with van der Waals surface area (Å²) in [5.41, 5.74) is 3.82. The van der Waals surface area contributed by atoms with Crippen molar-refractivity contribution in [2.75, 3.05) is 17.9 Å². The van der Waals surface area contributed by atoms with E-state index in [-0.39, 0.29) is 23.1 Å². The second-order valence-corrected chi connectivity index (χ2v) is 6.82. The van der Waals surface area contributed by atoms with Crippen LogP contribution >= 0.6 is 23.2 Å². The van der Waals surface area contributed by atoms with E-state index in [1.54, 1.807) is 49.6 Å². The molecule has 2 aromatic carbocycles. The molecule has 0 aliphatic carbocycles. The molecule has 2 N–H and O–H groups in total. The first kappa shape index (κ1) is 21.3. The van der Waals surface area contributed by atoms with Gasteiger partial charge < -0.3 is 10.1 Å². The number of hydrazone groups is 1. The van der Waals surface area contributed by atoms with Crippen LogP contribution in [0.2, 0.25) is 10.0 Å². The van der Waals surface area contributed by atoms with Crippen LogP contribution < -0.4 is 15.5 Å². The van der Waals surface area contributed by atoms with Crippen molar-refractivity contribution in [3.63, 3.8) is 0 Å². The highest BCUT2D eigenvalue weighted by Gasteiger charge is 2.22. The third-order valence-corrected chi connectivity index (χ3v) is 4.49. The van der Waals surface area contributed by atoms with Crippen molar-refractivity contribution in [2.45, 2.75) is 6.92 Å². The maximum Gasteiger partial charge on any atom is 0.332 e. The number of aromatic nitrogens is 2. The molecular weight excluding hydrogens is 431 g/mol. The van der Waals surface area contributed by atoms with Gasteiger partial charge in [-0.05, 0) is 43.3 Å². The van der Waals surface area contributed by atoms with Gasteiger partial charge in [0.05, 0.1) is 23.3 Å². The molecule has 0 atom stereocenters. The lowest BCUT2D eigenvalue weighted by molar-refractivity contribution is -0.385. The largest absolute Gasteiger partial charge is 0.497 e. The van der Waals surface area contributed by atoms with Crippen LogP contribution in [0.1, 0.15) is 11.3 Å². The minimum Gasteiger partial charge on any atom is -0.497 e. The summed E-state index contributed by atoms with van der Waals surface area (Å²) in [6.45, 7) is 1.52. The molecule has 3 aromatic rings. The zero-order valence-corrected chi connectivity index (χ0v) is 17.4. The van der Waals surface area contributed by atoms with Crippen molar-refractivity contribution >= 4 is 52.6 Å². The molecule has 0 spiro atoms. The van der Waals surface area contributed by atoms with Crippen LogP contribution in [-0.2, 0) is 0 Å². The van der Waals surface area contributed by atoms with E-state index in [2.05, 4.69) is 25.8 Å². The van der Waals surface area contributed by atoms with Gasteiger partial charge in [-0.25, -0.2) is 10.4 Å². The predicted octanol–water partition coefficient (Wildman–Crippen LogP) is 5.20. The molecule has 1 heterocycles. The second-order valence-electron chi connectivity index (χ2n) is 5.98. The molecule has 1 aromatic heterocycles. The molecule has 0 amide bonds. The summed E-state index contributed by atoms with van der Waals surface area (Å²) in [5.74, 6) is 0.766. The van der Waals surface area contributed by atoms with E-state index in [0.717, 1.165) is 0 Å². The summed E-state index contributed by atoms with van der Waals surface area (Å²) in [7, 11) is 1.55. The van der Waals surface area contributed by atoms with E-state index < -0.39 is 4.92 Å². The number of hydrogen-bond acceptors (Lipinski definition) is 8. The first-order valence-corrected chi connectivity index (χ1v) is 9.31. The van der Waals surface area contributed by atoms with Gasteiger partial charge in [0.1, 0.15) is 11.4 Å². The van der Waals surface area contributed by atoms with Crippen molar-refractivity contribution in [1.82, 2.24) is 9.97 Å². The van der Waals surface area contributed by atoms with Gasteiger partial charge >= 0.3 is 5.69 Å². The van der Waals surface area contributed by atoms with Crippen LogP contribution in [0.4, 0.5) is 23.1 Å². The zero-order chi connectivity index (χ0) is 21.7. The quantitative estimate of drug-likeness (QED) is 0.291. The highest BCUT2D eigenvalue weighted by atomic mass is 35.5. The average molecular weight is 447 g/mol. The van der Waals surface area contributed by atoms with Crippen LogP contribution in [0.5, 0.6) is 5.75 Å². The summed E-state index contributed by atoms with van der Waals surface area (Å²) in [6, 6.07) is 11.9. The zero-order valence-electron chi connectivity index (χ0n) is 15.9. The molecule has 0 radical (unpaired) electrons. The Morgan fingerprint density at radius 3 is 2.53 bits per heavy atom. The highest BCUT2D eigenvalue weighted by Crippen LogP contribution is 2.30. The number of benzene rings is 2. The molecule has 11 heteroatoms. The maximum absolute atomic E-state index is 11.5. The molecule has 0 aliphatic heterocycles. The van der Waals surface area contributed by atoms with E-state index in [4.69, 9.17) is 27.9 Å². The summed E-state index contributed by atoms with van der Waals surface area (Å²) in [4.78, 5) is 19.2. The number of hydrogen-bond donors (Lipinski definition) is 2. The monoisotopic (exact) mass is 446 g/mol. The maximum atomic E-state index is 11.5. The van der Waals surface area contributed by atoms with Crippen LogP contribution in [-0.4, -0.2) is 28.2 Å². The number of aryl methyl sites for hydroxylation is 1. The van der Waals surface area contributed by atoms with Crippen molar-refractivity contribution in [2.24, 2.45) is 5.10 Å². The standard InChI is InChI=1S/C19H16Cl2N6O3/c1-11-17(27(28)29)18(24-14-5-7-15(30-2)8-6-14)25-19(23-11)26-22-10-12-3-4-13(20)9-16(12)21/h3-10H,1-2H3,(H2,23,24,25,26)/b22-10-. The Morgan fingerprint density at radius 2 is 1.90 bits per heavy atom. The number of methoxy groups -OCH3 is 1. The smallest absolute Gasteiger partial charge is 0.332 e. The van der Waals surface area contributed by atoms with E-state index in [0.29, 0.717) is 27.0 Å². The molecule has 0 fully saturated rings. The fourth-order valence-electron chi connectivity index (χ4n) is 2.50. The fourth-order valence-corrected chi connectivity index (χ4v) is 2.96. The third kappa shape index (κ3) is 5.13. The summed E-state index contributed by atoms with van der Waals surface area (Å²) >= 11 is 12.0. The molecule has 30 heavy (non-hydrogen) atoms. The molecule has 0 bridgehead atoms. The van der Waals surface area contributed by atoms with Gasteiger partial charge in [-0.2, -0.15) is 10.1 Å². The van der Waals surface area contributed by atoms with Crippen LogP contribution in [0.25, 0.3) is 0 Å². The summed E-state index contributed by atoms with van der Waals surface area (Å²) in [5, 5.41) is 19.4. The molecule has 9 nitrogen and oxygen atoms in total. The number of nitrogens with one attached hydrogen (secondary N) is 2. The van der Waals surface area contributed by atoms with Gasteiger partial charge in [-0.15, -0.1) is 0 Å². The number of nitrogens with zero attached hydrogens (tertiary/aromatic N) is 4. The van der Waals surface area contributed by atoms with E-state index in [1.165, 1.54) is 13.1 Å². The second kappa shape index (κ2) is 9.38. The summed E-state index contributed by atoms with van der Waals surface area (Å²) < 4.78 is 5.11. The van der Waals surface area contributed by atoms with E-state index in [9.17, 15) is 10.1 Å². The average Bonchev–Trinajstić information content (AvgIpc) is 2.69. The van der Waals surface area contributed by atoms with E-state index >= 15 is 0 Å². The van der Waals surface area contributed by atoms with Gasteiger partial charge in [-0.1, -0.05) is 29.3 Å². The molecular formula is C19H16Cl2N6O3. The normalized spacial score (nSPS) is 10.8. The Hall–Kier alpha value is -3.43. The lowest BCUT2D eigenvalue weighted by atomic mass is 10.2. The lowest BCUT2D eigenvalue weighted by Crippen LogP contribution is -2.07. The Bertz CT molecular complexity index is 1110. The lowest BCUT2D eigenvalue weighted by Gasteiger charge is -2.10. The first-order valence-electron chi connectivity index (χ1n) is 8.55. The number of anilines is 3. The van der Waals surface area contributed by atoms with Gasteiger partial charge in [0, 0.05) is 16.3 Å². The highest BCUT2D eigenvalue weighted by molar-refractivity contribution is 6.36. The first-order chi connectivity index (χ1) is 14.4. The number of rotatable bonds is 7. The van der Waals surface area contributed by atoms with Crippen molar-refractivity contribution in [3.05, 3.63) is 73.9 Å². The number of ether oxygens (including phenoxy) is 1. The molecule has 0 saturated carbocycles. The Labute approximate surface area is 181 Å². The number of nitro groups is 1. The number of halogens is 2. The summed E-state index contributed by atoms with van der Waals surface area (Å²) in [6.07, 6.45) is 1.47. The minimum absolute atomic E-state index is 0.0277. The predicted molar refractivity (Wildman–Crippen MR) is 117 cm³/mol.